The topological polar surface area (TPSA) is 170 Å². The highest BCUT2D eigenvalue weighted by atomic mass is 16.5. The Balaban J connectivity index is 0.000000562. The van der Waals surface area contributed by atoms with Crippen molar-refractivity contribution in [1.29, 1.82) is 5.41 Å². The summed E-state index contributed by atoms with van der Waals surface area (Å²) in [5.74, 6) is 2.52. The van der Waals surface area contributed by atoms with Gasteiger partial charge in [0.2, 0.25) is 0 Å². The molecule has 12 heteroatoms. The lowest BCUT2D eigenvalue weighted by molar-refractivity contribution is 0.233. The van der Waals surface area contributed by atoms with Crippen molar-refractivity contribution in [2.45, 2.75) is 138 Å². The summed E-state index contributed by atoms with van der Waals surface area (Å²) in [6.07, 6.45) is 14.4. The Hall–Kier alpha value is -4.62. The van der Waals surface area contributed by atoms with Crippen LogP contribution in [0.1, 0.15) is 128 Å². The number of nitrogens with one attached hydrogen (secondary N) is 4. The number of ether oxygens (including phenoxy) is 2. The largest absolute Gasteiger partial charge is 0.496 e. The van der Waals surface area contributed by atoms with Crippen molar-refractivity contribution in [3.8, 4) is 11.5 Å². The number of nitrogens with two attached hydrogens (primary N) is 2. The Morgan fingerprint density at radius 3 is 2.11 bits per heavy atom. The number of aliphatic imine (C=N–C) groups is 1. The lowest BCUT2D eigenvalue weighted by Crippen LogP contribution is -2.42. The van der Waals surface area contributed by atoms with Gasteiger partial charge in [-0.15, -0.1) is 0 Å². The molecule has 1 aliphatic heterocycles. The van der Waals surface area contributed by atoms with Gasteiger partial charge in [-0.25, -0.2) is 4.99 Å². The van der Waals surface area contributed by atoms with Crippen LogP contribution < -0.4 is 36.9 Å². The molecule has 0 saturated carbocycles. The van der Waals surface area contributed by atoms with E-state index in [9.17, 15) is 0 Å². The third-order valence-electron chi connectivity index (χ3n) is 10.4. The lowest BCUT2D eigenvalue weighted by Gasteiger charge is -2.28. The van der Waals surface area contributed by atoms with Gasteiger partial charge in [0.15, 0.2) is 0 Å². The standard InChI is InChI=1S/C28H45N5O.C11H25N3.C11H15NO2/c1-7-9-10-11-12-26(31-23(5)29)28(22(3)4)33(8-2)21-25-14-13-24(19-27(25)34-6)20-32-17-15-30-16-18-32;1-4-5-6-9-14-11(2,3)8-7-10(12)13;1-3-12-7-10-5-4-9(8-13)6-11(10)14-2/h8,13-14,19,30H,2-3,7,9-12,15-18,20-21H2,1,4-6H3,(H2,29,31);14H,4-9H2,1-3H3,(H3,12,13);3-6,12-13H,1,7-8H2,2H3/b28-26+;;. The fourth-order valence-electron chi connectivity index (χ4n) is 6.93. The maximum Gasteiger partial charge on any atom is 0.124 e. The number of benzene rings is 2. The average Bonchev–Trinajstić information content (AvgIpc) is 3.25. The van der Waals surface area contributed by atoms with Crippen molar-refractivity contribution in [2.75, 3.05) is 46.9 Å². The van der Waals surface area contributed by atoms with E-state index in [-0.39, 0.29) is 18.0 Å². The van der Waals surface area contributed by atoms with Crippen molar-refractivity contribution in [3.63, 3.8) is 0 Å². The molecule has 0 radical (unpaired) electrons. The van der Waals surface area contributed by atoms with E-state index >= 15 is 0 Å². The van der Waals surface area contributed by atoms with Crippen LogP contribution in [0.5, 0.6) is 11.5 Å². The molecule has 3 rings (SSSR count). The minimum atomic E-state index is 0.0333. The maximum absolute atomic E-state index is 8.94. The summed E-state index contributed by atoms with van der Waals surface area (Å²) < 4.78 is 11.0. The molecule has 0 aromatic heterocycles. The molecule has 1 saturated heterocycles. The second-order valence-electron chi connectivity index (χ2n) is 16.6. The van der Waals surface area contributed by atoms with Crippen LogP contribution in [-0.2, 0) is 26.2 Å². The first-order valence-electron chi connectivity index (χ1n) is 22.6. The zero-order valence-electron chi connectivity index (χ0n) is 39.9. The molecule has 0 unspecified atom stereocenters. The number of rotatable bonds is 27. The maximum atomic E-state index is 8.94. The first-order chi connectivity index (χ1) is 29.7. The SMILES string of the molecule is C=CN(Cc1ccc(CN2CCNCC2)cc1OC)/C(C(=C)C)=C(\CCCCCC)N=C(C)N.C=CNCc1ccc(CO)cc1OC.CCCCCNC(C)(C)CCC(=N)N. The molecule has 0 bridgehead atoms. The Bertz CT molecular complexity index is 1680. The fraction of sp³-hybridized carbons (Fsp3) is 0.560. The van der Waals surface area contributed by atoms with E-state index in [4.69, 9.17) is 36.4 Å². The highest BCUT2D eigenvalue weighted by molar-refractivity contribution is 5.78. The van der Waals surface area contributed by atoms with Crippen molar-refractivity contribution >= 4 is 11.7 Å². The van der Waals surface area contributed by atoms with Crippen LogP contribution in [-0.4, -0.2) is 79.1 Å². The van der Waals surface area contributed by atoms with Gasteiger partial charge in [0.25, 0.3) is 0 Å². The molecule has 2 aromatic carbocycles. The third-order valence-corrected chi connectivity index (χ3v) is 10.4. The molecule has 348 valence electrons. The molecule has 2 aromatic rings. The number of unbranched alkanes of at least 4 members (excludes halogenated alkanes) is 5. The van der Waals surface area contributed by atoms with Crippen molar-refractivity contribution in [1.82, 2.24) is 25.8 Å². The molecular weight excluding hydrogens is 775 g/mol. The molecule has 0 amide bonds. The number of methoxy groups -OCH3 is 2. The third kappa shape index (κ3) is 23.0. The number of aliphatic hydroxyl groups excluding tert-OH is 1. The Morgan fingerprint density at radius 2 is 1.55 bits per heavy atom. The highest BCUT2D eigenvalue weighted by Crippen LogP contribution is 2.29. The molecule has 1 fully saturated rings. The first kappa shape index (κ1) is 55.4. The van der Waals surface area contributed by atoms with Gasteiger partial charge in [-0.05, 0) is 101 Å². The Morgan fingerprint density at radius 1 is 0.935 bits per heavy atom. The predicted octanol–water partition coefficient (Wildman–Crippen LogP) is 8.86. The number of aliphatic hydroxyl groups is 1. The molecule has 0 spiro atoms. The van der Waals surface area contributed by atoms with E-state index in [1.54, 1.807) is 20.4 Å². The van der Waals surface area contributed by atoms with Gasteiger partial charge in [0.1, 0.15) is 11.5 Å². The van der Waals surface area contributed by atoms with Crippen LogP contribution >= 0.6 is 0 Å². The summed E-state index contributed by atoms with van der Waals surface area (Å²) in [5.41, 5.74) is 18.6. The average molecular weight is 860 g/mol. The zero-order chi connectivity index (χ0) is 46.3. The predicted molar refractivity (Wildman–Crippen MR) is 263 cm³/mol. The fourth-order valence-corrected chi connectivity index (χ4v) is 6.93. The van der Waals surface area contributed by atoms with Gasteiger partial charge >= 0.3 is 0 Å². The molecule has 1 heterocycles. The summed E-state index contributed by atoms with van der Waals surface area (Å²) in [4.78, 5) is 9.31. The normalized spacial score (nSPS) is 13.3. The van der Waals surface area contributed by atoms with Crippen molar-refractivity contribution < 1.29 is 14.6 Å². The lowest BCUT2D eigenvalue weighted by atomic mass is 9.98. The minimum absolute atomic E-state index is 0.0333. The van der Waals surface area contributed by atoms with E-state index in [0.29, 0.717) is 25.3 Å². The molecule has 62 heavy (non-hydrogen) atoms. The summed E-state index contributed by atoms with van der Waals surface area (Å²) >= 11 is 0. The van der Waals surface area contributed by atoms with E-state index in [2.05, 4.69) is 91.4 Å². The van der Waals surface area contributed by atoms with Crippen LogP contribution in [0.3, 0.4) is 0 Å². The monoisotopic (exact) mass is 860 g/mol. The van der Waals surface area contributed by atoms with Crippen LogP contribution in [0.2, 0.25) is 0 Å². The summed E-state index contributed by atoms with van der Waals surface area (Å²) in [6, 6.07) is 12.2. The highest BCUT2D eigenvalue weighted by Gasteiger charge is 2.19. The van der Waals surface area contributed by atoms with E-state index in [0.717, 1.165) is 104 Å². The minimum Gasteiger partial charge on any atom is -0.496 e. The van der Waals surface area contributed by atoms with Crippen molar-refractivity contribution in [3.05, 3.63) is 108 Å². The van der Waals surface area contributed by atoms with Gasteiger partial charge < -0.3 is 46.9 Å². The molecule has 0 aliphatic carbocycles. The summed E-state index contributed by atoms with van der Waals surface area (Å²) in [7, 11) is 3.36. The van der Waals surface area contributed by atoms with Gasteiger partial charge in [-0.2, -0.15) is 0 Å². The second kappa shape index (κ2) is 32.1. The molecular formula is C50H85N9O3. The van der Waals surface area contributed by atoms with Crippen LogP contribution in [0.15, 0.2) is 90.5 Å². The number of hydrogen-bond donors (Lipinski definition) is 7. The van der Waals surface area contributed by atoms with Gasteiger partial charge in [0, 0.05) is 62.4 Å². The second-order valence-corrected chi connectivity index (χ2v) is 16.6. The number of allylic oxidation sites excluding steroid dienone is 2. The molecule has 1 aliphatic rings. The van der Waals surface area contributed by atoms with Crippen LogP contribution in [0.25, 0.3) is 0 Å². The number of amidine groups is 2. The van der Waals surface area contributed by atoms with Crippen LogP contribution in [0, 0.1) is 5.41 Å². The van der Waals surface area contributed by atoms with E-state index in [1.807, 2.05) is 38.2 Å². The van der Waals surface area contributed by atoms with Gasteiger partial charge in [0.05, 0.1) is 50.4 Å². The molecule has 0 atom stereocenters. The van der Waals surface area contributed by atoms with Gasteiger partial charge in [-0.3, -0.25) is 10.3 Å². The van der Waals surface area contributed by atoms with Gasteiger partial charge in [-0.1, -0.05) is 90.0 Å². The smallest absolute Gasteiger partial charge is 0.124 e. The Kier molecular flexibility index (Phi) is 28.7. The van der Waals surface area contributed by atoms with E-state index in [1.165, 1.54) is 44.1 Å². The number of nitrogens with zero attached hydrogens (tertiary/aromatic N) is 3. The Labute approximate surface area is 376 Å². The first-order valence-corrected chi connectivity index (χ1v) is 22.6. The summed E-state index contributed by atoms with van der Waals surface area (Å²) in [5, 5.41) is 26.0. The molecule has 12 nitrogen and oxygen atoms in total. The quantitative estimate of drug-likeness (QED) is 0.0199. The summed E-state index contributed by atoms with van der Waals surface area (Å²) in [6.45, 7) is 32.1. The van der Waals surface area contributed by atoms with E-state index < -0.39 is 0 Å². The molecule has 9 N–H and O–H groups in total. The number of hydrogen-bond acceptors (Lipinski definition) is 10. The van der Waals surface area contributed by atoms with Crippen LogP contribution in [0.4, 0.5) is 0 Å². The van der Waals surface area contributed by atoms with Crippen molar-refractivity contribution in [2.24, 2.45) is 16.5 Å². The zero-order valence-corrected chi connectivity index (χ0v) is 39.9. The number of piperazine rings is 1.